The number of carbonyl (C=O) groups excluding carboxylic acids is 3. The lowest BCUT2D eigenvalue weighted by Crippen LogP contribution is -2.31. The minimum Gasteiger partial charge on any atom is -0.325 e. The van der Waals surface area contributed by atoms with E-state index >= 15 is 0 Å². The minimum atomic E-state index is -0.538. The highest BCUT2D eigenvalue weighted by atomic mass is 79.9. The van der Waals surface area contributed by atoms with E-state index in [0.29, 0.717) is 5.69 Å². The molecule has 1 N–H and O–H groups in total. The number of thioether (sulfide) groups is 1. The first kappa shape index (κ1) is 21.6. The smallest absolute Gasteiger partial charge is 0.247 e. The van der Waals surface area contributed by atoms with E-state index in [1.54, 1.807) is 24.3 Å². The highest BCUT2D eigenvalue weighted by Crippen LogP contribution is 2.31. The highest BCUT2D eigenvalue weighted by molar-refractivity contribution is 9.10. The van der Waals surface area contributed by atoms with E-state index in [2.05, 4.69) is 35.1 Å². The van der Waals surface area contributed by atoms with Crippen molar-refractivity contribution in [3.63, 3.8) is 0 Å². The molecule has 0 saturated carbocycles. The van der Waals surface area contributed by atoms with Crippen LogP contribution < -0.4 is 10.2 Å². The van der Waals surface area contributed by atoms with Crippen LogP contribution >= 0.6 is 27.7 Å². The molecule has 7 heteroatoms. The number of para-hydroxylation sites is 1. The second kappa shape index (κ2) is 9.59. The zero-order valence-electron chi connectivity index (χ0n) is 16.4. The van der Waals surface area contributed by atoms with Gasteiger partial charge in [-0.3, -0.25) is 14.4 Å². The van der Waals surface area contributed by atoms with Gasteiger partial charge < -0.3 is 5.32 Å². The summed E-state index contributed by atoms with van der Waals surface area (Å²) in [5, 5.41) is 2.47. The Hall–Kier alpha value is -2.12. The van der Waals surface area contributed by atoms with Crippen LogP contribution in [0.3, 0.4) is 0 Å². The van der Waals surface area contributed by atoms with Crippen molar-refractivity contribution in [1.29, 1.82) is 0 Å². The molecule has 0 bridgehead atoms. The van der Waals surface area contributed by atoms with Gasteiger partial charge in [0.15, 0.2) is 0 Å². The third-order valence-corrected chi connectivity index (χ3v) is 6.60. The molecule has 1 heterocycles. The van der Waals surface area contributed by atoms with Crippen molar-refractivity contribution in [3.8, 4) is 0 Å². The molecule has 1 saturated heterocycles. The fourth-order valence-corrected chi connectivity index (χ4v) is 4.55. The lowest BCUT2D eigenvalue weighted by molar-refractivity contribution is -0.121. The average molecular weight is 475 g/mol. The largest absolute Gasteiger partial charge is 0.325 e. The molecule has 3 amide bonds. The lowest BCUT2D eigenvalue weighted by atomic mass is 10.0. The number of anilines is 2. The zero-order valence-corrected chi connectivity index (χ0v) is 18.8. The van der Waals surface area contributed by atoms with Crippen LogP contribution in [0.15, 0.2) is 46.9 Å². The van der Waals surface area contributed by atoms with E-state index in [4.69, 9.17) is 0 Å². The first-order valence-corrected chi connectivity index (χ1v) is 11.4. The molecule has 0 aliphatic carbocycles. The average Bonchev–Trinajstić information content (AvgIpc) is 3.00. The number of amides is 3. The maximum atomic E-state index is 12.7. The molecule has 0 unspecified atom stereocenters. The Morgan fingerprint density at radius 2 is 1.72 bits per heavy atom. The molecule has 3 rings (SSSR count). The number of hydrogen-bond acceptors (Lipinski definition) is 4. The lowest BCUT2D eigenvalue weighted by Gasteiger charge is -2.16. The van der Waals surface area contributed by atoms with Gasteiger partial charge in [-0.15, -0.1) is 11.8 Å². The van der Waals surface area contributed by atoms with Crippen LogP contribution in [0.2, 0.25) is 0 Å². The molecule has 152 valence electrons. The summed E-state index contributed by atoms with van der Waals surface area (Å²) in [6.07, 6.45) is 1.77. The van der Waals surface area contributed by atoms with Gasteiger partial charge in [0.1, 0.15) is 0 Å². The number of rotatable bonds is 7. The topological polar surface area (TPSA) is 66.5 Å². The highest BCUT2D eigenvalue weighted by Gasteiger charge is 2.40. The molecule has 0 spiro atoms. The number of aryl methyl sites for hydroxylation is 2. The van der Waals surface area contributed by atoms with E-state index < -0.39 is 5.25 Å². The molecular weight excluding hydrogens is 452 g/mol. The third kappa shape index (κ3) is 4.90. The molecule has 0 aromatic heterocycles. The number of carbonyl (C=O) groups is 3. The Kier molecular flexibility index (Phi) is 7.14. The summed E-state index contributed by atoms with van der Waals surface area (Å²) in [5.74, 6) is -0.537. The zero-order chi connectivity index (χ0) is 21.0. The summed E-state index contributed by atoms with van der Waals surface area (Å²) in [5.41, 5.74) is 3.61. The first-order chi connectivity index (χ1) is 13.9. The molecule has 0 radical (unpaired) electrons. The minimum absolute atomic E-state index is 0.110. The van der Waals surface area contributed by atoms with Crippen molar-refractivity contribution in [1.82, 2.24) is 0 Å². The first-order valence-electron chi connectivity index (χ1n) is 9.59. The predicted molar refractivity (Wildman–Crippen MR) is 121 cm³/mol. The Morgan fingerprint density at radius 3 is 2.31 bits per heavy atom. The molecule has 1 aliphatic rings. The quantitative estimate of drug-likeness (QED) is 0.596. The standard InChI is InChI=1S/C22H23BrN2O3S/c1-3-14-6-5-7-15(4-2)21(14)24-19(26)13-29-18-12-20(27)25(22(18)28)17-10-8-16(23)9-11-17/h5-11,18H,3-4,12-13H2,1-2H3,(H,24,26)/t18-/m1/s1. The molecule has 5 nitrogen and oxygen atoms in total. The van der Waals surface area contributed by atoms with Gasteiger partial charge in [-0.1, -0.05) is 48.0 Å². The Balaban J connectivity index is 1.63. The van der Waals surface area contributed by atoms with Crippen LogP contribution in [-0.4, -0.2) is 28.7 Å². The van der Waals surface area contributed by atoms with E-state index in [9.17, 15) is 14.4 Å². The summed E-state index contributed by atoms with van der Waals surface area (Å²) in [4.78, 5) is 38.8. The summed E-state index contributed by atoms with van der Waals surface area (Å²) < 4.78 is 0.877. The summed E-state index contributed by atoms with van der Waals surface area (Å²) in [6.45, 7) is 4.11. The Labute approximate surface area is 183 Å². The van der Waals surface area contributed by atoms with Crippen molar-refractivity contribution in [2.24, 2.45) is 0 Å². The number of halogens is 1. The molecule has 29 heavy (non-hydrogen) atoms. The van der Waals surface area contributed by atoms with Gasteiger partial charge in [-0.05, 0) is 48.2 Å². The fourth-order valence-electron chi connectivity index (χ4n) is 3.35. The van der Waals surface area contributed by atoms with E-state index in [1.807, 2.05) is 18.2 Å². The molecule has 2 aromatic rings. The number of nitrogens with zero attached hydrogens (tertiary/aromatic N) is 1. The molecule has 2 aromatic carbocycles. The number of imide groups is 1. The SMILES string of the molecule is CCc1cccc(CC)c1NC(=O)CS[C@@H]1CC(=O)N(c2ccc(Br)cc2)C1=O. The van der Waals surface area contributed by atoms with Gasteiger partial charge in [0.05, 0.1) is 16.7 Å². The van der Waals surface area contributed by atoms with Crippen molar-refractivity contribution in [2.75, 3.05) is 16.0 Å². The van der Waals surface area contributed by atoms with E-state index in [-0.39, 0.29) is 29.9 Å². The van der Waals surface area contributed by atoms with Crippen molar-refractivity contribution in [3.05, 3.63) is 58.1 Å². The second-order valence-electron chi connectivity index (χ2n) is 6.75. The van der Waals surface area contributed by atoms with Gasteiger partial charge >= 0.3 is 0 Å². The Bertz CT molecular complexity index is 908. The number of hydrogen-bond donors (Lipinski definition) is 1. The van der Waals surface area contributed by atoms with Crippen LogP contribution in [0.25, 0.3) is 0 Å². The third-order valence-electron chi connectivity index (χ3n) is 4.87. The van der Waals surface area contributed by atoms with Crippen LogP contribution in [0, 0.1) is 0 Å². The second-order valence-corrected chi connectivity index (χ2v) is 8.86. The Morgan fingerprint density at radius 1 is 1.10 bits per heavy atom. The van der Waals surface area contributed by atoms with Crippen LogP contribution in [0.5, 0.6) is 0 Å². The van der Waals surface area contributed by atoms with Gasteiger partial charge in [0, 0.05) is 16.6 Å². The maximum Gasteiger partial charge on any atom is 0.247 e. The summed E-state index contributed by atoms with van der Waals surface area (Å²) in [6, 6.07) is 13.1. The number of benzene rings is 2. The van der Waals surface area contributed by atoms with Crippen LogP contribution in [0.4, 0.5) is 11.4 Å². The molecule has 1 aliphatic heterocycles. The van der Waals surface area contributed by atoms with E-state index in [0.717, 1.165) is 34.1 Å². The number of nitrogens with one attached hydrogen (secondary N) is 1. The van der Waals surface area contributed by atoms with E-state index in [1.165, 1.54) is 16.7 Å². The maximum absolute atomic E-state index is 12.7. The monoisotopic (exact) mass is 474 g/mol. The summed E-state index contributed by atoms with van der Waals surface area (Å²) >= 11 is 4.57. The van der Waals surface area contributed by atoms with Gasteiger partial charge in [-0.2, -0.15) is 0 Å². The van der Waals surface area contributed by atoms with Crippen molar-refractivity contribution >= 4 is 56.8 Å². The molecular formula is C22H23BrN2O3S. The fraction of sp³-hybridized carbons (Fsp3) is 0.318. The predicted octanol–water partition coefficient (Wildman–Crippen LogP) is 4.58. The molecule has 1 atom stereocenters. The van der Waals surface area contributed by atoms with Crippen molar-refractivity contribution < 1.29 is 14.4 Å². The van der Waals surface area contributed by atoms with Gasteiger partial charge in [0.2, 0.25) is 17.7 Å². The van der Waals surface area contributed by atoms with Gasteiger partial charge in [0.25, 0.3) is 0 Å². The van der Waals surface area contributed by atoms with Crippen molar-refractivity contribution in [2.45, 2.75) is 38.4 Å². The van der Waals surface area contributed by atoms with Gasteiger partial charge in [-0.25, -0.2) is 4.90 Å². The van der Waals surface area contributed by atoms with Crippen LogP contribution in [-0.2, 0) is 27.2 Å². The van der Waals surface area contributed by atoms with Crippen LogP contribution in [0.1, 0.15) is 31.4 Å². The summed E-state index contributed by atoms with van der Waals surface area (Å²) in [7, 11) is 0. The normalized spacial score (nSPS) is 16.4. The molecule has 1 fully saturated rings.